The van der Waals surface area contributed by atoms with Gasteiger partial charge >= 0.3 is 5.87 Å². The van der Waals surface area contributed by atoms with Crippen molar-refractivity contribution in [1.82, 2.24) is 0 Å². The first-order chi connectivity index (χ1) is 16.7. The Kier molecular flexibility index (Phi) is 13.7. The predicted molar refractivity (Wildman–Crippen MR) is 147 cm³/mol. The van der Waals surface area contributed by atoms with Gasteiger partial charge < -0.3 is 5.53 Å². The molecule has 0 bridgehead atoms. The maximum absolute atomic E-state index is 9.26. The first-order valence-corrected chi connectivity index (χ1v) is 13.6. The van der Waals surface area contributed by atoms with Gasteiger partial charge in [-0.2, -0.15) is 0 Å². The van der Waals surface area contributed by atoms with Crippen LogP contribution in [0.2, 0.25) is 0 Å². The lowest BCUT2D eigenvalue weighted by molar-refractivity contribution is 0.00746. The minimum Gasteiger partial charge on any atom is -0.348 e. The van der Waals surface area contributed by atoms with Gasteiger partial charge in [0.2, 0.25) is 0 Å². The highest BCUT2D eigenvalue weighted by molar-refractivity contribution is 5.83. The van der Waals surface area contributed by atoms with Gasteiger partial charge in [0.15, 0.2) is 0 Å². The Morgan fingerprint density at radius 2 is 1.26 bits per heavy atom. The van der Waals surface area contributed by atoms with Crippen LogP contribution in [0.3, 0.4) is 0 Å². The van der Waals surface area contributed by atoms with Crippen molar-refractivity contribution in [2.45, 2.75) is 104 Å². The van der Waals surface area contributed by atoms with Gasteiger partial charge in [-0.15, -0.1) is 4.79 Å². The average molecular weight is 457 g/mol. The van der Waals surface area contributed by atoms with Crippen molar-refractivity contribution in [3.63, 3.8) is 0 Å². The first-order valence-electron chi connectivity index (χ1n) is 13.6. The van der Waals surface area contributed by atoms with Crippen LogP contribution in [0.25, 0.3) is 11.1 Å². The van der Waals surface area contributed by atoms with Crippen LogP contribution in [-0.2, 0) is 12.8 Å². The molecule has 0 unspecified atom stereocenters. The molecular weight excluding hydrogens is 412 g/mol. The molecule has 0 aromatic heterocycles. The van der Waals surface area contributed by atoms with Gasteiger partial charge in [0, 0.05) is 0 Å². The number of hydrogen-bond acceptors (Lipinski definition) is 0. The zero-order chi connectivity index (χ0) is 24.4. The minimum atomic E-state index is 0.869. The number of allylic oxidation sites excluding steroid dienone is 2. The van der Waals surface area contributed by atoms with Crippen molar-refractivity contribution in [2.24, 2.45) is 0 Å². The standard InChI is InChI=1S/C32H44N2/c1-4-7-10-13-17-28-20-15-22-31(24-28)32(25-29(26-34-33)18-12-9-6-3)30-21-14-19-27(23-30)16-11-8-5-2/h14-15,19-25H,4-13,16-18H2,1-3H3. The van der Waals surface area contributed by atoms with Crippen LogP contribution in [0.4, 0.5) is 0 Å². The second kappa shape index (κ2) is 16.9. The molecule has 34 heavy (non-hydrogen) atoms. The van der Waals surface area contributed by atoms with E-state index in [0.29, 0.717) is 0 Å². The highest BCUT2D eigenvalue weighted by atomic mass is 14.8. The van der Waals surface area contributed by atoms with E-state index in [2.05, 4.69) is 86.0 Å². The van der Waals surface area contributed by atoms with Gasteiger partial charge in [-0.1, -0.05) is 114 Å². The van der Waals surface area contributed by atoms with Gasteiger partial charge in [0.1, 0.15) is 0 Å². The van der Waals surface area contributed by atoms with Gasteiger partial charge in [-0.05, 0) is 72.4 Å². The molecule has 0 saturated heterocycles. The molecule has 182 valence electrons. The fourth-order valence-electron chi connectivity index (χ4n) is 4.42. The molecule has 0 fully saturated rings. The van der Waals surface area contributed by atoms with Crippen molar-refractivity contribution in [3.8, 4) is 0 Å². The summed E-state index contributed by atoms with van der Waals surface area (Å²) in [5.41, 5.74) is 16.6. The first kappa shape index (κ1) is 27.6. The summed E-state index contributed by atoms with van der Waals surface area (Å²) in [6.07, 6.45) is 17.5. The number of unbranched alkanes of at least 4 members (excludes halogenated alkanes) is 7. The van der Waals surface area contributed by atoms with Crippen LogP contribution in [0.5, 0.6) is 0 Å². The summed E-state index contributed by atoms with van der Waals surface area (Å²) in [6.45, 7) is 6.72. The van der Waals surface area contributed by atoms with Crippen LogP contribution in [0.15, 0.2) is 60.2 Å². The van der Waals surface area contributed by atoms with Crippen LogP contribution >= 0.6 is 0 Å². The Balaban J connectivity index is 2.43. The van der Waals surface area contributed by atoms with E-state index < -0.39 is 0 Å². The van der Waals surface area contributed by atoms with Crippen LogP contribution in [0, 0.1) is 0 Å². The Bertz CT molecular complexity index is 972. The fraction of sp³-hybridized carbons (Fsp3) is 0.500. The highest BCUT2D eigenvalue weighted by Gasteiger charge is 2.10. The molecular formula is C32H44N2. The quantitative estimate of drug-likeness (QED) is 0.0793. The Morgan fingerprint density at radius 1 is 0.735 bits per heavy atom. The van der Waals surface area contributed by atoms with E-state index in [9.17, 15) is 5.53 Å². The monoisotopic (exact) mass is 456 g/mol. The number of aryl methyl sites for hydroxylation is 2. The second-order valence-corrected chi connectivity index (χ2v) is 9.42. The zero-order valence-corrected chi connectivity index (χ0v) is 21.8. The van der Waals surface area contributed by atoms with Gasteiger partial charge in [0.05, 0.1) is 5.57 Å². The predicted octanol–water partition coefficient (Wildman–Crippen LogP) is 9.38. The molecule has 0 aliphatic heterocycles. The highest BCUT2D eigenvalue weighted by Crippen LogP contribution is 2.28. The summed E-state index contributed by atoms with van der Waals surface area (Å²) in [5.74, 6) is 2.85. The third-order valence-electron chi connectivity index (χ3n) is 6.43. The van der Waals surface area contributed by atoms with Crippen molar-refractivity contribution < 1.29 is 4.79 Å². The molecule has 2 aromatic rings. The van der Waals surface area contributed by atoms with Crippen molar-refractivity contribution >= 4 is 11.4 Å². The number of hydrogen-bond donors (Lipinski definition) is 0. The Labute approximate surface area is 208 Å². The molecule has 0 N–H and O–H groups in total. The van der Waals surface area contributed by atoms with Crippen molar-refractivity contribution in [2.75, 3.05) is 0 Å². The summed E-state index contributed by atoms with van der Waals surface area (Å²) in [4.78, 5) is 3.27. The smallest absolute Gasteiger partial charge is 0.303 e. The molecule has 0 radical (unpaired) electrons. The van der Waals surface area contributed by atoms with Gasteiger partial charge in [0.25, 0.3) is 0 Å². The zero-order valence-electron chi connectivity index (χ0n) is 21.8. The van der Waals surface area contributed by atoms with Crippen LogP contribution in [-0.4, -0.2) is 10.7 Å². The number of benzene rings is 2. The molecule has 0 saturated carbocycles. The fourth-order valence-corrected chi connectivity index (χ4v) is 4.42. The molecule has 2 rings (SSSR count). The summed E-state index contributed by atoms with van der Waals surface area (Å²) in [6, 6.07) is 18.0. The SMILES string of the molecule is CCCCCCc1cccc(C(=CC(=C=[N+]=[N-])CCCCC)c2cccc(CCCCC)c2)c1. The molecule has 0 atom stereocenters. The van der Waals surface area contributed by atoms with Crippen LogP contribution in [0.1, 0.15) is 114 Å². The van der Waals surface area contributed by atoms with Crippen molar-refractivity contribution in [1.29, 1.82) is 0 Å². The van der Waals surface area contributed by atoms with E-state index in [4.69, 9.17) is 0 Å². The van der Waals surface area contributed by atoms with E-state index in [0.717, 1.165) is 31.3 Å². The number of nitrogens with zero attached hydrogens (tertiary/aromatic N) is 2. The van der Waals surface area contributed by atoms with Crippen molar-refractivity contribution in [3.05, 3.63) is 88.0 Å². The summed E-state index contributed by atoms with van der Waals surface area (Å²) >= 11 is 0. The van der Waals surface area contributed by atoms with E-state index in [-0.39, 0.29) is 0 Å². The van der Waals surface area contributed by atoms with Gasteiger partial charge in [-0.25, -0.2) is 0 Å². The number of rotatable bonds is 16. The van der Waals surface area contributed by atoms with Gasteiger partial charge in [-0.3, -0.25) is 0 Å². The summed E-state index contributed by atoms with van der Waals surface area (Å²) in [5, 5.41) is 0. The van der Waals surface area contributed by atoms with Crippen LogP contribution < -0.4 is 0 Å². The summed E-state index contributed by atoms with van der Waals surface area (Å²) in [7, 11) is 0. The Morgan fingerprint density at radius 3 is 1.82 bits per heavy atom. The molecule has 0 spiro atoms. The maximum Gasteiger partial charge on any atom is 0.303 e. The topological polar surface area (TPSA) is 36.4 Å². The molecule has 2 nitrogen and oxygen atoms in total. The largest absolute Gasteiger partial charge is 0.348 e. The molecule has 0 amide bonds. The molecule has 0 aliphatic rings. The minimum absolute atomic E-state index is 0.869. The summed E-state index contributed by atoms with van der Waals surface area (Å²) < 4.78 is 0. The average Bonchev–Trinajstić information content (AvgIpc) is 2.86. The third kappa shape index (κ3) is 10.1. The Hall–Kier alpha value is -2.66. The molecule has 0 aliphatic carbocycles. The maximum atomic E-state index is 9.26. The third-order valence-corrected chi connectivity index (χ3v) is 6.43. The normalized spacial score (nSPS) is 11.2. The lowest BCUT2D eigenvalue weighted by atomic mass is 9.91. The lowest BCUT2D eigenvalue weighted by Gasteiger charge is -2.13. The lowest BCUT2D eigenvalue weighted by Crippen LogP contribution is -1.95. The molecule has 2 aromatic carbocycles. The van der Waals surface area contributed by atoms with E-state index in [1.807, 2.05) is 0 Å². The van der Waals surface area contributed by atoms with E-state index in [1.165, 1.54) is 85.6 Å². The molecule has 0 heterocycles. The molecule has 2 heteroatoms. The van der Waals surface area contributed by atoms with E-state index in [1.54, 1.807) is 0 Å². The second-order valence-electron chi connectivity index (χ2n) is 9.42. The van der Waals surface area contributed by atoms with E-state index >= 15 is 0 Å².